The third-order valence-electron chi connectivity index (χ3n) is 3.10. The summed E-state index contributed by atoms with van der Waals surface area (Å²) in [5.74, 6) is 0.186. The summed E-state index contributed by atoms with van der Waals surface area (Å²) in [4.78, 5) is 20.5. The Morgan fingerprint density at radius 3 is 2.68 bits per heavy atom. The van der Waals surface area contributed by atoms with Crippen molar-refractivity contribution >= 4 is 16.8 Å². The van der Waals surface area contributed by atoms with Gasteiger partial charge in [0.1, 0.15) is 0 Å². The SMILES string of the molecule is C=CCCCCCC(=O)c1ccc2nccnc2c1. The second-order valence-corrected chi connectivity index (χ2v) is 4.57. The number of carbonyl (C=O) groups is 1. The monoisotopic (exact) mass is 254 g/mol. The molecule has 0 N–H and O–H groups in total. The molecule has 19 heavy (non-hydrogen) atoms. The smallest absolute Gasteiger partial charge is 0.162 e. The van der Waals surface area contributed by atoms with Crippen LogP contribution in [0.4, 0.5) is 0 Å². The number of fused-ring (bicyclic) bond motifs is 1. The fourth-order valence-corrected chi connectivity index (χ4v) is 2.03. The molecule has 1 aromatic carbocycles. The van der Waals surface area contributed by atoms with Gasteiger partial charge in [-0.3, -0.25) is 14.8 Å². The van der Waals surface area contributed by atoms with Crippen LogP contribution in [-0.2, 0) is 0 Å². The van der Waals surface area contributed by atoms with Crippen LogP contribution in [0.3, 0.4) is 0 Å². The molecule has 0 spiro atoms. The minimum atomic E-state index is 0.186. The summed E-state index contributed by atoms with van der Waals surface area (Å²) in [7, 11) is 0. The Balaban J connectivity index is 1.95. The number of allylic oxidation sites excluding steroid dienone is 1. The molecule has 2 aromatic rings. The molecule has 0 saturated heterocycles. The zero-order valence-corrected chi connectivity index (χ0v) is 11.0. The molecule has 1 aromatic heterocycles. The molecule has 0 bridgehead atoms. The minimum absolute atomic E-state index is 0.186. The van der Waals surface area contributed by atoms with Crippen molar-refractivity contribution in [2.45, 2.75) is 32.1 Å². The Morgan fingerprint density at radius 1 is 1.11 bits per heavy atom. The standard InChI is InChI=1S/C16H18N2O/c1-2-3-4-5-6-7-16(19)13-8-9-14-15(12-13)18-11-10-17-14/h2,8-12H,1,3-7H2. The number of nitrogens with zero attached hydrogens (tertiary/aromatic N) is 2. The zero-order valence-electron chi connectivity index (χ0n) is 11.0. The first-order valence-electron chi connectivity index (χ1n) is 6.66. The van der Waals surface area contributed by atoms with E-state index in [0.29, 0.717) is 6.42 Å². The molecule has 0 aliphatic heterocycles. The molecule has 3 nitrogen and oxygen atoms in total. The van der Waals surface area contributed by atoms with Crippen molar-refractivity contribution in [3.8, 4) is 0 Å². The maximum Gasteiger partial charge on any atom is 0.162 e. The molecule has 0 aliphatic carbocycles. The van der Waals surface area contributed by atoms with E-state index in [2.05, 4.69) is 16.5 Å². The number of benzene rings is 1. The quantitative estimate of drug-likeness (QED) is 0.427. The number of Topliss-reactive ketones (excluding diaryl/α,β-unsaturated/α-hetero) is 1. The number of hydrogen-bond acceptors (Lipinski definition) is 3. The van der Waals surface area contributed by atoms with Crippen LogP contribution in [-0.4, -0.2) is 15.8 Å². The van der Waals surface area contributed by atoms with E-state index < -0.39 is 0 Å². The van der Waals surface area contributed by atoms with Gasteiger partial charge in [-0.05, 0) is 37.5 Å². The van der Waals surface area contributed by atoms with E-state index >= 15 is 0 Å². The zero-order chi connectivity index (χ0) is 13.5. The predicted molar refractivity (Wildman–Crippen MR) is 77.2 cm³/mol. The van der Waals surface area contributed by atoms with E-state index in [1.165, 1.54) is 0 Å². The Kier molecular flexibility index (Phi) is 4.78. The van der Waals surface area contributed by atoms with Gasteiger partial charge in [0.05, 0.1) is 11.0 Å². The second-order valence-electron chi connectivity index (χ2n) is 4.57. The Morgan fingerprint density at radius 2 is 1.89 bits per heavy atom. The number of rotatable bonds is 7. The van der Waals surface area contributed by atoms with Crippen LogP contribution in [0.2, 0.25) is 0 Å². The van der Waals surface area contributed by atoms with Gasteiger partial charge in [0, 0.05) is 24.4 Å². The molecule has 0 amide bonds. The van der Waals surface area contributed by atoms with Crippen molar-refractivity contribution in [1.82, 2.24) is 9.97 Å². The lowest BCUT2D eigenvalue weighted by Crippen LogP contribution is -1.99. The van der Waals surface area contributed by atoms with E-state index in [4.69, 9.17) is 0 Å². The number of hydrogen-bond donors (Lipinski definition) is 0. The Hall–Kier alpha value is -2.03. The lowest BCUT2D eigenvalue weighted by atomic mass is 10.0. The van der Waals surface area contributed by atoms with Crippen molar-refractivity contribution in [1.29, 1.82) is 0 Å². The first-order chi connectivity index (χ1) is 9.31. The van der Waals surface area contributed by atoms with E-state index in [1.54, 1.807) is 12.4 Å². The number of ketones is 1. The maximum atomic E-state index is 12.1. The first kappa shape index (κ1) is 13.4. The highest BCUT2D eigenvalue weighted by Crippen LogP contribution is 2.14. The topological polar surface area (TPSA) is 42.9 Å². The van der Waals surface area contributed by atoms with Gasteiger partial charge in [-0.2, -0.15) is 0 Å². The summed E-state index contributed by atoms with van der Waals surface area (Å²) in [5.41, 5.74) is 2.33. The number of carbonyl (C=O) groups excluding carboxylic acids is 1. The van der Waals surface area contributed by atoms with E-state index in [1.807, 2.05) is 24.3 Å². The van der Waals surface area contributed by atoms with Gasteiger partial charge < -0.3 is 0 Å². The van der Waals surface area contributed by atoms with E-state index in [9.17, 15) is 4.79 Å². The van der Waals surface area contributed by atoms with Crippen molar-refractivity contribution in [2.24, 2.45) is 0 Å². The van der Waals surface area contributed by atoms with Crippen LogP contribution in [0, 0.1) is 0 Å². The third kappa shape index (κ3) is 3.71. The average molecular weight is 254 g/mol. The molecule has 3 heteroatoms. The molecule has 0 saturated carbocycles. The molecule has 0 radical (unpaired) electrons. The second kappa shape index (κ2) is 6.78. The van der Waals surface area contributed by atoms with Gasteiger partial charge in [-0.25, -0.2) is 0 Å². The normalized spacial score (nSPS) is 10.5. The van der Waals surface area contributed by atoms with Crippen LogP contribution in [0.5, 0.6) is 0 Å². The van der Waals surface area contributed by atoms with Crippen LogP contribution < -0.4 is 0 Å². The number of aromatic nitrogens is 2. The Labute approximate surface area is 113 Å². The molecular weight excluding hydrogens is 236 g/mol. The summed E-state index contributed by atoms with van der Waals surface area (Å²) in [6.45, 7) is 3.69. The van der Waals surface area contributed by atoms with Crippen molar-refractivity contribution < 1.29 is 4.79 Å². The molecular formula is C16H18N2O. The summed E-state index contributed by atoms with van der Waals surface area (Å²) < 4.78 is 0. The highest BCUT2D eigenvalue weighted by Gasteiger charge is 2.07. The maximum absolute atomic E-state index is 12.1. The van der Waals surface area contributed by atoms with E-state index in [-0.39, 0.29) is 5.78 Å². The van der Waals surface area contributed by atoms with Gasteiger partial charge in [-0.15, -0.1) is 6.58 Å². The van der Waals surface area contributed by atoms with Crippen molar-refractivity contribution in [3.05, 3.63) is 48.8 Å². The molecule has 0 atom stereocenters. The van der Waals surface area contributed by atoms with Crippen LogP contribution in [0.15, 0.2) is 43.2 Å². The third-order valence-corrected chi connectivity index (χ3v) is 3.10. The van der Waals surface area contributed by atoms with Gasteiger partial charge in [-0.1, -0.05) is 12.5 Å². The van der Waals surface area contributed by atoms with Crippen LogP contribution in [0.25, 0.3) is 11.0 Å². The highest BCUT2D eigenvalue weighted by atomic mass is 16.1. The highest BCUT2D eigenvalue weighted by molar-refractivity contribution is 5.98. The lowest BCUT2D eigenvalue weighted by Gasteiger charge is -2.02. The van der Waals surface area contributed by atoms with Gasteiger partial charge in [0.25, 0.3) is 0 Å². The fraction of sp³-hybridized carbons (Fsp3) is 0.312. The minimum Gasteiger partial charge on any atom is -0.294 e. The van der Waals surface area contributed by atoms with Crippen LogP contribution in [0.1, 0.15) is 42.5 Å². The summed E-state index contributed by atoms with van der Waals surface area (Å²) >= 11 is 0. The van der Waals surface area contributed by atoms with Gasteiger partial charge in [0.15, 0.2) is 5.78 Å². The molecule has 0 unspecified atom stereocenters. The average Bonchev–Trinajstić information content (AvgIpc) is 2.46. The van der Waals surface area contributed by atoms with Gasteiger partial charge >= 0.3 is 0 Å². The molecule has 2 rings (SSSR count). The molecule has 0 aliphatic rings. The predicted octanol–water partition coefficient (Wildman–Crippen LogP) is 3.95. The summed E-state index contributed by atoms with van der Waals surface area (Å²) in [6.07, 6.45) is 9.97. The lowest BCUT2D eigenvalue weighted by molar-refractivity contribution is 0.0979. The first-order valence-corrected chi connectivity index (χ1v) is 6.66. The fourth-order valence-electron chi connectivity index (χ4n) is 2.03. The number of unbranched alkanes of at least 4 members (excludes halogenated alkanes) is 3. The largest absolute Gasteiger partial charge is 0.294 e. The molecule has 98 valence electrons. The van der Waals surface area contributed by atoms with Crippen LogP contribution >= 0.6 is 0 Å². The van der Waals surface area contributed by atoms with Crippen molar-refractivity contribution in [3.63, 3.8) is 0 Å². The Bertz CT molecular complexity index is 578. The van der Waals surface area contributed by atoms with Crippen molar-refractivity contribution in [2.75, 3.05) is 0 Å². The molecule has 1 heterocycles. The summed E-state index contributed by atoms with van der Waals surface area (Å²) in [6, 6.07) is 5.52. The van der Waals surface area contributed by atoms with Gasteiger partial charge in [0.2, 0.25) is 0 Å². The molecule has 0 fully saturated rings. The van der Waals surface area contributed by atoms with E-state index in [0.717, 1.165) is 42.3 Å². The summed E-state index contributed by atoms with van der Waals surface area (Å²) in [5, 5.41) is 0.